The Balaban J connectivity index is 2.17. The Kier molecular flexibility index (Phi) is 7.62. The molecule has 0 aromatic carbocycles. The quantitative estimate of drug-likeness (QED) is 0.706. The molecule has 1 heterocycles. The number of carbonyl (C=O) groups excluding carboxylic acids is 1. The number of amides is 1. The van der Waals surface area contributed by atoms with Crippen molar-refractivity contribution < 1.29 is 27.8 Å². The molecule has 154 valence electrons. The minimum atomic E-state index is -4.12. The first-order valence-corrected chi connectivity index (χ1v) is 9.13. The van der Waals surface area contributed by atoms with Crippen molar-refractivity contribution in [2.75, 3.05) is 25.2 Å². The zero-order chi connectivity index (χ0) is 20.7. The molecule has 1 aromatic heterocycles. The third kappa shape index (κ3) is 5.58. The van der Waals surface area contributed by atoms with Gasteiger partial charge in [-0.05, 0) is 43.7 Å². The smallest absolute Gasteiger partial charge is 0.391 e. The number of hydrogen-bond acceptors (Lipinski definition) is 4. The fraction of sp³-hybridized carbons (Fsp3) is 0.500. The second-order valence-corrected chi connectivity index (χ2v) is 6.71. The number of carbonyl (C=O) groups is 1. The molecule has 1 aliphatic rings. The number of nitrogens with zero attached hydrogens (tertiary/aromatic N) is 2. The second kappa shape index (κ2) is 9.73. The minimum absolute atomic E-state index is 0.0586. The van der Waals surface area contributed by atoms with Crippen LogP contribution in [-0.2, 0) is 4.79 Å². The summed E-state index contributed by atoms with van der Waals surface area (Å²) in [5.41, 5.74) is 0.658. The van der Waals surface area contributed by atoms with Crippen molar-refractivity contribution in [1.29, 1.82) is 0 Å². The molecule has 0 aliphatic heterocycles. The molecule has 1 amide bonds. The van der Waals surface area contributed by atoms with Gasteiger partial charge < -0.3 is 9.84 Å². The Labute approximate surface area is 162 Å². The molecule has 1 saturated carbocycles. The van der Waals surface area contributed by atoms with Crippen LogP contribution in [0.4, 0.5) is 19.0 Å². The van der Waals surface area contributed by atoms with E-state index in [1.807, 2.05) is 6.08 Å². The fourth-order valence-electron chi connectivity index (χ4n) is 3.32. The predicted molar refractivity (Wildman–Crippen MR) is 101 cm³/mol. The highest BCUT2D eigenvalue weighted by Crippen LogP contribution is 2.40. The first kappa shape index (κ1) is 21.9. The monoisotopic (exact) mass is 398 g/mol. The Hall–Kier alpha value is -2.35. The van der Waals surface area contributed by atoms with Gasteiger partial charge in [0.1, 0.15) is 11.6 Å². The minimum Gasteiger partial charge on any atom is -0.495 e. The van der Waals surface area contributed by atoms with Crippen LogP contribution >= 0.6 is 0 Å². The van der Waals surface area contributed by atoms with Gasteiger partial charge in [-0.3, -0.25) is 9.69 Å². The number of pyridine rings is 1. The fourth-order valence-corrected chi connectivity index (χ4v) is 3.32. The van der Waals surface area contributed by atoms with Gasteiger partial charge in [0.15, 0.2) is 0 Å². The van der Waals surface area contributed by atoms with Crippen molar-refractivity contribution >= 4 is 17.8 Å². The molecular formula is C20H25F3N2O3. The lowest BCUT2D eigenvalue weighted by Crippen LogP contribution is -2.32. The van der Waals surface area contributed by atoms with Crippen LogP contribution in [-0.4, -0.2) is 42.4 Å². The summed E-state index contributed by atoms with van der Waals surface area (Å²) >= 11 is 0. The van der Waals surface area contributed by atoms with Crippen LogP contribution in [0.1, 0.15) is 31.2 Å². The van der Waals surface area contributed by atoms with E-state index in [9.17, 15) is 23.1 Å². The van der Waals surface area contributed by atoms with Gasteiger partial charge in [0.2, 0.25) is 0 Å². The van der Waals surface area contributed by atoms with E-state index in [0.29, 0.717) is 30.0 Å². The molecule has 0 spiro atoms. The third-order valence-electron chi connectivity index (χ3n) is 4.93. The Bertz CT molecular complexity index is 711. The summed E-state index contributed by atoms with van der Waals surface area (Å²) in [5.74, 6) is -0.731. The zero-order valence-electron chi connectivity index (χ0n) is 15.8. The predicted octanol–water partition coefficient (Wildman–Crippen LogP) is 3.98. The Morgan fingerprint density at radius 3 is 2.61 bits per heavy atom. The van der Waals surface area contributed by atoms with E-state index in [4.69, 9.17) is 4.74 Å². The molecule has 1 N–H and O–H groups in total. The molecule has 0 saturated heterocycles. The lowest BCUT2D eigenvalue weighted by Gasteiger charge is -2.28. The summed E-state index contributed by atoms with van der Waals surface area (Å²) in [4.78, 5) is 17.5. The van der Waals surface area contributed by atoms with E-state index in [1.165, 1.54) is 18.2 Å². The second-order valence-electron chi connectivity index (χ2n) is 6.71. The van der Waals surface area contributed by atoms with E-state index in [-0.39, 0.29) is 31.9 Å². The van der Waals surface area contributed by atoms with Crippen molar-refractivity contribution in [2.24, 2.45) is 11.8 Å². The SMILES string of the molecule is C=CC(=O)N(CCO)c1cc(C=CC2CCC(C(F)(F)F)CC2)c(OC)cn1. The number of aliphatic hydroxyl groups is 1. The molecule has 0 atom stereocenters. The molecule has 0 bridgehead atoms. The third-order valence-corrected chi connectivity index (χ3v) is 4.93. The molecular weight excluding hydrogens is 373 g/mol. The van der Waals surface area contributed by atoms with Gasteiger partial charge in [0, 0.05) is 5.56 Å². The van der Waals surface area contributed by atoms with Crippen LogP contribution in [0.3, 0.4) is 0 Å². The molecule has 0 radical (unpaired) electrons. The summed E-state index contributed by atoms with van der Waals surface area (Å²) in [6.07, 6.45) is 3.39. The van der Waals surface area contributed by atoms with Crippen LogP contribution < -0.4 is 9.64 Å². The highest BCUT2D eigenvalue weighted by Gasteiger charge is 2.40. The summed E-state index contributed by atoms with van der Waals surface area (Å²) < 4.78 is 43.7. The van der Waals surface area contributed by atoms with E-state index in [2.05, 4.69) is 11.6 Å². The zero-order valence-corrected chi connectivity index (χ0v) is 15.8. The Morgan fingerprint density at radius 1 is 1.39 bits per heavy atom. The number of aliphatic hydroxyl groups excluding tert-OH is 1. The van der Waals surface area contributed by atoms with Crippen molar-refractivity contribution in [3.8, 4) is 5.75 Å². The molecule has 1 aliphatic carbocycles. The number of aromatic nitrogens is 1. The highest BCUT2D eigenvalue weighted by molar-refractivity contribution is 6.00. The lowest BCUT2D eigenvalue weighted by atomic mass is 9.81. The summed E-state index contributed by atoms with van der Waals surface area (Å²) in [6.45, 7) is 3.28. The van der Waals surface area contributed by atoms with Crippen molar-refractivity contribution in [2.45, 2.75) is 31.9 Å². The summed E-state index contributed by atoms with van der Waals surface area (Å²) in [7, 11) is 1.49. The van der Waals surface area contributed by atoms with Gasteiger partial charge in [-0.15, -0.1) is 0 Å². The molecule has 28 heavy (non-hydrogen) atoms. The van der Waals surface area contributed by atoms with Gasteiger partial charge in [-0.25, -0.2) is 4.98 Å². The average molecular weight is 398 g/mol. The maximum Gasteiger partial charge on any atom is 0.391 e. The van der Waals surface area contributed by atoms with Crippen LogP contribution in [0, 0.1) is 11.8 Å². The molecule has 2 rings (SSSR count). The molecule has 0 unspecified atom stereocenters. The highest BCUT2D eigenvalue weighted by atomic mass is 19.4. The number of ether oxygens (including phenoxy) is 1. The van der Waals surface area contributed by atoms with Crippen LogP contribution in [0.2, 0.25) is 0 Å². The summed E-state index contributed by atoms with van der Waals surface area (Å²) in [6, 6.07) is 1.65. The molecule has 1 fully saturated rings. The molecule has 8 heteroatoms. The molecule has 1 aromatic rings. The maximum atomic E-state index is 12.8. The van der Waals surface area contributed by atoms with Crippen molar-refractivity contribution in [3.05, 3.63) is 36.6 Å². The maximum absolute atomic E-state index is 12.8. The average Bonchev–Trinajstić information content (AvgIpc) is 2.69. The first-order valence-electron chi connectivity index (χ1n) is 9.13. The van der Waals surface area contributed by atoms with E-state index in [0.717, 1.165) is 6.08 Å². The number of methoxy groups -OCH3 is 1. The summed E-state index contributed by atoms with van der Waals surface area (Å²) in [5, 5.41) is 9.19. The molecule has 5 nitrogen and oxygen atoms in total. The largest absolute Gasteiger partial charge is 0.495 e. The van der Waals surface area contributed by atoms with Gasteiger partial charge in [0.05, 0.1) is 32.4 Å². The van der Waals surface area contributed by atoms with E-state index in [1.54, 1.807) is 12.1 Å². The van der Waals surface area contributed by atoms with Crippen LogP contribution in [0.15, 0.2) is 31.0 Å². The topological polar surface area (TPSA) is 62.7 Å². The number of alkyl halides is 3. The van der Waals surface area contributed by atoms with Gasteiger partial charge in [-0.2, -0.15) is 13.2 Å². The van der Waals surface area contributed by atoms with Gasteiger partial charge >= 0.3 is 6.18 Å². The number of rotatable bonds is 7. The normalized spacial score (nSPS) is 20.2. The van der Waals surface area contributed by atoms with Crippen LogP contribution in [0.5, 0.6) is 5.75 Å². The number of hydrogen-bond donors (Lipinski definition) is 1. The number of anilines is 1. The number of halogens is 3. The van der Waals surface area contributed by atoms with E-state index < -0.39 is 18.0 Å². The van der Waals surface area contributed by atoms with Crippen molar-refractivity contribution in [3.63, 3.8) is 0 Å². The standard InChI is InChI=1S/C20H25F3N2O3/c1-3-19(27)25(10-11-26)18-12-15(17(28-2)13-24-18)7-4-14-5-8-16(9-6-14)20(21,22)23/h3-4,7,12-14,16,26H,1,5-6,8-11H2,2H3. The number of allylic oxidation sites excluding steroid dienone is 1. The van der Waals surface area contributed by atoms with Gasteiger partial charge in [-0.1, -0.05) is 18.7 Å². The van der Waals surface area contributed by atoms with Crippen LogP contribution in [0.25, 0.3) is 6.08 Å². The van der Waals surface area contributed by atoms with Crippen molar-refractivity contribution in [1.82, 2.24) is 4.98 Å². The lowest BCUT2D eigenvalue weighted by molar-refractivity contribution is -0.183. The van der Waals surface area contributed by atoms with E-state index >= 15 is 0 Å². The first-order chi connectivity index (χ1) is 13.3. The Morgan fingerprint density at radius 2 is 2.07 bits per heavy atom. The van der Waals surface area contributed by atoms with Gasteiger partial charge in [0.25, 0.3) is 5.91 Å².